The highest BCUT2D eigenvalue weighted by molar-refractivity contribution is 5.95. The van der Waals surface area contributed by atoms with Gasteiger partial charge in [0.05, 0.1) is 17.8 Å². The Morgan fingerprint density at radius 2 is 2.00 bits per heavy atom. The van der Waals surface area contributed by atoms with Crippen LogP contribution in [0.15, 0.2) is 47.3 Å². The molecule has 2 aromatic carbocycles. The number of carbonyl (C=O) groups is 1. The van der Waals surface area contributed by atoms with Gasteiger partial charge in [0.1, 0.15) is 11.6 Å². The molecule has 0 saturated heterocycles. The molecular formula is C22H18FN3O4. The molecule has 8 heteroatoms. The van der Waals surface area contributed by atoms with Crippen molar-refractivity contribution in [1.82, 2.24) is 14.9 Å². The molecular weight excluding hydrogens is 389 g/mol. The van der Waals surface area contributed by atoms with Gasteiger partial charge in [-0.05, 0) is 29.8 Å². The van der Waals surface area contributed by atoms with Crippen LogP contribution in [0.5, 0.6) is 11.5 Å². The Balaban J connectivity index is 1.37. The number of nitrogens with one attached hydrogen (secondary N) is 1. The number of amides is 1. The number of hydrogen-bond donors (Lipinski definition) is 1. The van der Waals surface area contributed by atoms with Crippen LogP contribution in [0.1, 0.15) is 33.0 Å². The summed E-state index contributed by atoms with van der Waals surface area (Å²) < 4.78 is 24.5. The molecule has 1 amide bonds. The van der Waals surface area contributed by atoms with Gasteiger partial charge in [-0.3, -0.25) is 9.59 Å². The number of aromatic amines is 1. The van der Waals surface area contributed by atoms with Crippen molar-refractivity contribution in [3.05, 3.63) is 86.8 Å². The molecule has 1 N–H and O–H groups in total. The molecule has 3 heterocycles. The number of nitrogens with zero attached hydrogens (tertiary/aromatic N) is 2. The third kappa shape index (κ3) is 3.30. The minimum Gasteiger partial charge on any atom is -0.454 e. The van der Waals surface area contributed by atoms with E-state index < -0.39 is 0 Å². The van der Waals surface area contributed by atoms with Crippen LogP contribution in [0, 0.1) is 5.82 Å². The van der Waals surface area contributed by atoms with E-state index >= 15 is 0 Å². The Hall–Kier alpha value is -3.68. The van der Waals surface area contributed by atoms with Gasteiger partial charge in [-0.25, -0.2) is 9.37 Å². The fourth-order valence-electron chi connectivity index (χ4n) is 3.77. The quantitative estimate of drug-likeness (QED) is 0.721. The van der Waals surface area contributed by atoms with E-state index in [-0.39, 0.29) is 37.0 Å². The predicted octanol–water partition coefficient (Wildman–Crippen LogP) is 2.43. The number of hydrogen-bond acceptors (Lipinski definition) is 5. The molecule has 30 heavy (non-hydrogen) atoms. The summed E-state index contributed by atoms with van der Waals surface area (Å²) in [6.07, 6.45) is 0.662. The molecule has 0 atom stereocenters. The summed E-state index contributed by atoms with van der Waals surface area (Å²) in [5.74, 6) is 1.04. The minimum atomic E-state index is -0.335. The van der Waals surface area contributed by atoms with Crippen LogP contribution in [0.25, 0.3) is 0 Å². The first kappa shape index (κ1) is 18.4. The van der Waals surface area contributed by atoms with E-state index in [1.165, 1.54) is 6.07 Å². The standard InChI is InChI=1S/C22H18FN3O4/c23-16-4-2-1-3-13(16)10-20-24-17-7-8-26(11-15(17)21(27)25-20)22(28)14-5-6-18-19(9-14)30-12-29-18/h1-6,9H,7-8,10-12H2,(H,24,25,27). The third-order valence-corrected chi connectivity index (χ3v) is 5.34. The molecule has 7 nitrogen and oxygen atoms in total. The van der Waals surface area contributed by atoms with Gasteiger partial charge < -0.3 is 19.4 Å². The van der Waals surface area contributed by atoms with Crippen LogP contribution < -0.4 is 15.0 Å². The molecule has 5 rings (SSSR count). The van der Waals surface area contributed by atoms with Crippen LogP contribution in [0.2, 0.25) is 0 Å². The van der Waals surface area contributed by atoms with E-state index in [2.05, 4.69) is 9.97 Å². The first-order chi connectivity index (χ1) is 14.6. The Kier molecular flexibility index (Phi) is 4.46. The predicted molar refractivity (Wildman–Crippen MR) is 105 cm³/mol. The van der Waals surface area contributed by atoms with Crippen molar-refractivity contribution in [2.24, 2.45) is 0 Å². The number of halogens is 1. The fourth-order valence-corrected chi connectivity index (χ4v) is 3.77. The topological polar surface area (TPSA) is 84.5 Å². The van der Waals surface area contributed by atoms with Gasteiger partial charge in [0.2, 0.25) is 6.79 Å². The zero-order chi connectivity index (χ0) is 20.7. The zero-order valence-corrected chi connectivity index (χ0v) is 16.0. The highest BCUT2D eigenvalue weighted by atomic mass is 19.1. The fraction of sp³-hybridized carbons (Fsp3) is 0.227. The number of fused-ring (bicyclic) bond motifs is 2. The van der Waals surface area contributed by atoms with E-state index in [4.69, 9.17) is 9.47 Å². The van der Waals surface area contributed by atoms with E-state index in [1.54, 1.807) is 41.3 Å². The summed E-state index contributed by atoms with van der Waals surface area (Å²) in [4.78, 5) is 34.5. The largest absolute Gasteiger partial charge is 0.454 e. The van der Waals surface area contributed by atoms with Crippen LogP contribution in [-0.4, -0.2) is 34.1 Å². The molecule has 152 valence electrons. The highest BCUT2D eigenvalue weighted by Gasteiger charge is 2.26. The molecule has 0 radical (unpaired) electrons. The average molecular weight is 407 g/mol. The molecule has 0 fully saturated rings. The van der Waals surface area contributed by atoms with Crippen LogP contribution >= 0.6 is 0 Å². The summed E-state index contributed by atoms with van der Waals surface area (Å²) in [5.41, 5.74) is 1.77. The van der Waals surface area contributed by atoms with Crippen molar-refractivity contribution < 1.29 is 18.7 Å². The Morgan fingerprint density at radius 3 is 2.87 bits per heavy atom. The number of ether oxygens (including phenoxy) is 2. The van der Waals surface area contributed by atoms with E-state index in [1.807, 2.05) is 0 Å². The normalized spacial score (nSPS) is 14.5. The van der Waals surface area contributed by atoms with Crippen LogP contribution in [0.3, 0.4) is 0 Å². The van der Waals surface area contributed by atoms with Crippen LogP contribution in [0.4, 0.5) is 4.39 Å². The third-order valence-electron chi connectivity index (χ3n) is 5.34. The monoisotopic (exact) mass is 407 g/mol. The van der Waals surface area contributed by atoms with E-state index in [0.717, 1.165) is 0 Å². The zero-order valence-electron chi connectivity index (χ0n) is 16.0. The van der Waals surface area contributed by atoms with Gasteiger partial charge in [0.25, 0.3) is 11.5 Å². The Morgan fingerprint density at radius 1 is 1.17 bits per heavy atom. The molecule has 1 aromatic heterocycles. The van der Waals surface area contributed by atoms with E-state index in [0.29, 0.717) is 52.7 Å². The lowest BCUT2D eigenvalue weighted by molar-refractivity contribution is 0.0732. The first-order valence-corrected chi connectivity index (χ1v) is 9.62. The lowest BCUT2D eigenvalue weighted by Gasteiger charge is -2.28. The van der Waals surface area contributed by atoms with Crippen molar-refractivity contribution in [3.63, 3.8) is 0 Å². The van der Waals surface area contributed by atoms with Gasteiger partial charge in [-0.15, -0.1) is 0 Å². The van der Waals surface area contributed by atoms with Gasteiger partial charge in [-0.2, -0.15) is 0 Å². The second kappa shape index (κ2) is 7.29. The van der Waals surface area contributed by atoms with Crippen LogP contribution in [-0.2, 0) is 19.4 Å². The summed E-state index contributed by atoms with van der Waals surface area (Å²) in [6, 6.07) is 11.5. The summed E-state index contributed by atoms with van der Waals surface area (Å²) >= 11 is 0. The molecule has 0 aliphatic carbocycles. The second-order valence-electron chi connectivity index (χ2n) is 7.25. The van der Waals surface area contributed by atoms with Gasteiger partial charge in [0.15, 0.2) is 11.5 Å². The number of rotatable bonds is 3. The van der Waals surface area contributed by atoms with Gasteiger partial charge in [0, 0.05) is 24.9 Å². The molecule has 0 saturated carbocycles. The molecule has 2 aliphatic heterocycles. The SMILES string of the molecule is O=C(c1ccc2c(c1)OCO2)N1CCc2nc(Cc3ccccc3F)[nH]c(=O)c2C1. The molecule has 0 bridgehead atoms. The maximum absolute atomic E-state index is 13.9. The van der Waals surface area contributed by atoms with Gasteiger partial charge in [-0.1, -0.05) is 18.2 Å². The van der Waals surface area contributed by atoms with Crippen molar-refractivity contribution >= 4 is 5.91 Å². The number of H-pyrrole nitrogens is 1. The number of benzene rings is 2. The Labute approximate surface area is 171 Å². The maximum atomic E-state index is 13.9. The minimum absolute atomic E-state index is 0.139. The average Bonchev–Trinajstić information content (AvgIpc) is 3.23. The smallest absolute Gasteiger partial charge is 0.256 e. The van der Waals surface area contributed by atoms with Crippen molar-refractivity contribution in [1.29, 1.82) is 0 Å². The Bertz CT molecular complexity index is 1210. The first-order valence-electron chi connectivity index (χ1n) is 9.62. The van der Waals surface area contributed by atoms with Crippen molar-refractivity contribution in [3.8, 4) is 11.5 Å². The summed E-state index contributed by atoms with van der Waals surface area (Å²) in [5, 5.41) is 0. The second-order valence-corrected chi connectivity index (χ2v) is 7.25. The highest BCUT2D eigenvalue weighted by Crippen LogP contribution is 2.33. The number of aromatic nitrogens is 2. The number of carbonyl (C=O) groups excluding carboxylic acids is 1. The molecule has 0 unspecified atom stereocenters. The maximum Gasteiger partial charge on any atom is 0.256 e. The molecule has 3 aromatic rings. The van der Waals surface area contributed by atoms with Gasteiger partial charge >= 0.3 is 0 Å². The molecule has 2 aliphatic rings. The van der Waals surface area contributed by atoms with E-state index in [9.17, 15) is 14.0 Å². The molecule has 0 spiro atoms. The summed E-state index contributed by atoms with van der Waals surface area (Å²) in [7, 11) is 0. The lowest BCUT2D eigenvalue weighted by atomic mass is 10.0. The van der Waals surface area contributed by atoms with Crippen molar-refractivity contribution in [2.45, 2.75) is 19.4 Å². The van der Waals surface area contributed by atoms with Crippen molar-refractivity contribution in [2.75, 3.05) is 13.3 Å². The summed E-state index contributed by atoms with van der Waals surface area (Å²) in [6.45, 7) is 0.751. The lowest BCUT2D eigenvalue weighted by Crippen LogP contribution is -2.39.